The fourth-order valence-electron chi connectivity index (χ4n) is 3.20. The summed E-state index contributed by atoms with van der Waals surface area (Å²) in [5.74, 6) is 0.164. The van der Waals surface area contributed by atoms with Gasteiger partial charge in [-0.05, 0) is 18.6 Å². The highest BCUT2D eigenvalue weighted by Crippen LogP contribution is 2.09. The van der Waals surface area contributed by atoms with Crippen LogP contribution in [0.3, 0.4) is 0 Å². The molecule has 1 amide bonds. The fourth-order valence-corrected chi connectivity index (χ4v) is 3.20. The van der Waals surface area contributed by atoms with Gasteiger partial charge < -0.3 is 9.80 Å². The molecule has 1 heterocycles. The summed E-state index contributed by atoms with van der Waals surface area (Å²) in [7, 11) is 0. The van der Waals surface area contributed by atoms with Crippen LogP contribution in [-0.2, 0) is 11.3 Å². The lowest BCUT2D eigenvalue weighted by molar-refractivity contribution is -0.917. The number of nitrogens with one attached hydrogen (secondary N) is 1. The summed E-state index contributed by atoms with van der Waals surface area (Å²) in [5, 5.41) is 0. The van der Waals surface area contributed by atoms with Gasteiger partial charge in [-0.3, -0.25) is 4.79 Å². The molecule has 3 nitrogen and oxygen atoms in total. The maximum absolute atomic E-state index is 12.6. The first-order valence-corrected chi connectivity index (χ1v) is 8.62. The summed E-state index contributed by atoms with van der Waals surface area (Å²) in [6.45, 7) is 6.65. The predicted molar refractivity (Wildman–Crippen MR) is 97.5 cm³/mol. The second kappa shape index (κ2) is 7.93. The van der Waals surface area contributed by atoms with E-state index in [2.05, 4.69) is 30.3 Å². The maximum Gasteiger partial charge on any atom is 0.249 e. The monoisotopic (exact) mass is 321 g/mol. The maximum atomic E-state index is 12.6. The van der Waals surface area contributed by atoms with E-state index in [1.54, 1.807) is 4.90 Å². The first-order chi connectivity index (χ1) is 11.7. The lowest BCUT2D eigenvalue weighted by Crippen LogP contribution is -3.13. The van der Waals surface area contributed by atoms with Gasteiger partial charge in [0.15, 0.2) is 0 Å². The third kappa shape index (κ3) is 4.33. The van der Waals surface area contributed by atoms with Crippen molar-refractivity contribution in [1.82, 2.24) is 4.90 Å². The van der Waals surface area contributed by atoms with E-state index >= 15 is 0 Å². The van der Waals surface area contributed by atoms with E-state index in [9.17, 15) is 4.79 Å². The van der Waals surface area contributed by atoms with Crippen molar-refractivity contribution in [3.05, 3.63) is 77.4 Å². The highest BCUT2D eigenvalue weighted by atomic mass is 16.2. The third-order valence-electron chi connectivity index (χ3n) is 4.57. The number of carbonyl (C=O) groups excluding carboxylic acids is 1. The van der Waals surface area contributed by atoms with E-state index in [0.29, 0.717) is 0 Å². The summed E-state index contributed by atoms with van der Waals surface area (Å²) >= 11 is 0. The minimum atomic E-state index is 0.164. The predicted octanol–water partition coefficient (Wildman–Crippen LogP) is 2.02. The van der Waals surface area contributed by atoms with E-state index in [0.717, 1.165) is 43.9 Å². The van der Waals surface area contributed by atoms with Crippen molar-refractivity contribution < 1.29 is 9.69 Å². The van der Waals surface area contributed by atoms with Crippen LogP contribution in [0.25, 0.3) is 6.08 Å². The molecule has 0 radical (unpaired) electrons. The van der Waals surface area contributed by atoms with Crippen molar-refractivity contribution in [2.45, 2.75) is 13.5 Å². The Kier molecular flexibility index (Phi) is 5.44. The van der Waals surface area contributed by atoms with Crippen LogP contribution in [0.1, 0.15) is 18.1 Å². The number of amides is 1. The van der Waals surface area contributed by atoms with Crippen LogP contribution in [0.4, 0.5) is 0 Å². The Morgan fingerprint density at radius 1 is 1.00 bits per heavy atom. The topological polar surface area (TPSA) is 24.8 Å². The lowest BCUT2D eigenvalue weighted by Gasteiger charge is -2.32. The molecular formula is C21H25N2O+. The summed E-state index contributed by atoms with van der Waals surface area (Å²) in [6.07, 6.45) is 1.98. The number of carbonyl (C=O) groups is 1. The first kappa shape index (κ1) is 16.5. The first-order valence-electron chi connectivity index (χ1n) is 8.62. The molecule has 3 rings (SSSR count). The standard InChI is InChI=1S/C21H24N2O/c1-18(16-19-8-4-2-5-9-19)21(24)23-14-12-22(13-15-23)17-20-10-6-3-7-11-20/h2-11,16H,12-15,17H2,1H3/p+1. The normalized spacial score (nSPS) is 16.2. The minimum absolute atomic E-state index is 0.164. The van der Waals surface area contributed by atoms with Crippen molar-refractivity contribution in [2.24, 2.45) is 0 Å². The van der Waals surface area contributed by atoms with E-state index < -0.39 is 0 Å². The van der Waals surface area contributed by atoms with Gasteiger partial charge >= 0.3 is 0 Å². The molecule has 1 N–H and O–H groups in total. The van der Waals surface area contributed by atoms with Gasteiger partial charge in [-0.1, -0.05) is 60.7 Å². The van der Waals surface area contributed by atoms with E-state index in [-0.39, 0.29) is 5.91 Å². The van der Waals surface area contributed by atoms with Gasteiger partial charge in [0.2, 0.25) is 5.91 Å². The average Bonchev–Trinajstić information content (AvgIpc) is 2.63. The number of piperazine rings is 1. The van der Waals surface area contributed by atoms with Gasteiger partial charge in [-0.2, -0.15) is 0 Å². The van der Waals surface area contributed by atoms with Crippen molar-refractivity contribution in [3.8, 4) is 0 Å². The third-order valence-corrected chi connectivity index (χ3v) is 4.57. The molecule has 2 aromatic rings. The summed E-state index contributed by atoms with van der Waals surface area (Å²) in [5.41, 5.74) is 3.26. The summed E-state index contributed by atoms with van der Waals surface area (Å²) in [6, 6.07) is 20.6. The minimum Gasteiger partial charge on any atom is -0.328 e. The Bertz CT molecular complexity index is 686. The molecule has 0 bridgehead atoms. The summed E-state index contributed by atoms with van der Waals surface area (Å²) in [4.78, 5) is 16.2. The van der Waals surface area contributed by atoms with E-state index in [1.807, 2.05) is 48.2 Å². The molecule has 1 aliphatic heterocycles. The van der Waals surface area contributed by atoms with Crippen molar-refractivity contribution in [2.75, 3.05) is 26.2 Å². The van der Waals surface area contributed by atoms with Crippen LogP contribution in [0, 0.1) is 0 Å². The molecule has 0 aromatic heterocycles. The number of rotatable bonds is 4. The number of quaternary nitrogens is 1. The van der Waals surface area contributed by atoms with Crippen LogP contribution < -0.4 is 4.90 Å². The largest absolute Gasteiger partial charge is 0.328 e. The SMILES string of the molecule is CC(=Cc1ccccc1)C(=O)N1CC[NH+](Cc2ccccc2)CC1. The van der Waals surface area contributed by atoms with Gasteiger partial charge in [0.05, 0.1) is 26.2 Å². The molecule has 24 heavy (non-hydrogen) atoms. The molecule has 0 spiro atoms. The summed E-state index contributed by atoms with van der Waals surface area (Å²) < 4.78 is 0. The van der Waals surface area contributed by atoms with Gasteiger partial charge in [-0.25, -0.2) is 0 Å². The van der Waals surface area contributed by atoms with Crippen LogP contribution in [-0.4, -0.2) is 37.0 Å². The smallest absolute Gasteiger partial charge is 0.249 e. The van der Waals surface area contributed by atoms with E-state index in [4.69, 9.17) is 0 Å². The average molecular weight is 321 g/mol. The molecule has 124 valence electrons. The van der Waals surface area contributed by atoms with Crippen LogP contribution in [0.2, 0.25) is 0 Å². The lowest BCUT2D eigenvalue weighted by atomic mass is 10.1. The molecule has 1 saturated heterocycles. The number of nitrogens with zero attached hydrogens (tertiary/aromatic N) is 1. The molecule has 1 aliphatic rings. The zero-order valence-corrected chi connectivity index (χ0v) is 14.2. The number of hydrogen-bond donors (Lipinski definition) is 1. The van der Waals surface area contributed by atoms with Crippen molar-refractivity contribution in [1.29, 1.82) is 0 Å². The van der Waals surface area contributed by atoms with Crippen molar-refractivity contribution in [3.63, 3.8) is 0 Å². The second-order valence-electron chi connectivity index (χ2n) is 6.44. The zero-order valence-electron chi connectivity index (χ0n) is 14.2. The molecule has 0 saturated carbocycles. The Balaban J connectivity index is 1.54. The highest BCUT2D eigenvalue weighted by molar-refractivity contribution is 5.97. The van der Waals surface area contributed by atoms with Crippen LogP contribution in [0.15, 0.2) is 66.2 Å². The Hall–Kier alpha value is -2.39. The molecule has 0 atom stereocenters. The quantitative estimate of drug-likeness (QED) is 0.856. The number of benzene rings is 2. The van der Waals surface area contributed by atoms with Crippen LogP contribution in [0.5, 0.6) is 0 Å². The van der Waals surface area contributed by atoms with Gasteiger partial charge in [-0.15, -0.1) is 0 Å². The number of hydrogen-bond acceptors (Lipinski definition) is 1. The van der Waals surface area contributed by atoms with Gasteiger partial charge in [0.1, 0.15) is 6.54 Å². The molecule has 0 aliphatic carbocycles. The zero-order chi connectivity index (χ0) is 16.8. The molecule has 0 unspecified atom stereocenters. The molecule has 3 heteroatoms. The van der Waals surface area contributed by atoms with Gasteiger partial charge in [0.25, 0.3) is 0 Å². The molecule has 2 aromatic carbocycles. The Labute approximate surface area is 144 Å². The van der Waals surface area contributed by atoms with Gasteiger partial charge in [0, 0.05) is 11.1 Å². The molecular weight excluding hydrogens is 296 g/mol. The molecule has 1 fully saturated rings. The van der Waals surface area contributed by atoms with Crippen LogP contribution >= 0.6 is 0 Å². The Morgan fingerprint density at radius 2 is 1.58 bits per heavy atom. The second-order valence-corrected chi connectivity index (χ2v) is 6.44. The van der Waals surface area contributed by atoms with Crippen molar-refractivity contribution >= 4 is 12.0 Å². The Morgan fingerprint density at radius 3 is 2.21 bits per heavy atom. The van der Waals surface area contributed by atoms with E-state index in [1.165, 1.54) is 5.56 Å². The fraction of sp³-hybridized carbons (Fsp3) is 0.286. The highest BCUT2D eigenvalue weighted by Gasteiger charge is 2.24.